The third-order valence-corrected chi connectivity index (χ3v) is 2.54. The van der Waals surface area contributed by atoms with Crippen molar-refractivity contribution in [2.45, 2.75) is 11.6 Å². The number of hydrogen-bond acceptors (Lipinski definition) is 3. The molecule has 1 fully saturated rings. The first-order valence-electron chi connectivity index (χ1n) is 2.59. The molecule has 0 spiro atoms. The molecule has 1 aliphatic rings. The summed E-state index contributed by atoms with van der Waals surface area (Å²) in [6.45, 7) is -1.20. The fourth-order valence-electron chi connectivity index (χ4n) is 0.540. The molecule has 12 heavy (non-hydrogen) atoms. The number of halogens is 2. The van der Waals surface area contributed by atoms with Crippen molar-refractivity contribution in [2.24, 2.45) is 0 Å². The Hall–Kier alpha value is 0.742. The van der Waals surface area contributed by atoms with E-state index >= 15 is 0 Å². The van der Waals surface area contributed by atoms with Crippen molar-refractivity contribution in [1.29, 1.82) is 0 Å². The Labute approximate surface area is 91.3 Å². The molecule has 0 saturated carbocycles. The zero-order valence-electron chi connectivity index (χ0n) is 5.66. The van der Waals surface area contributed by atoms with Crippen LogP contribution in [-0.2, 0) is 10.0 Å². The molecule has 0 aromatic heterocycles. The molecule has 9 heteroatoms. The number of hydrogen-bond donors (Lipinski definition) is 2. The molecule has 2 N–H and O–H groups in total. The zero-order valence-corrected chi connectivity index (χ0v) is 10.6. The number of rotatable bonds is 0. The van der Waals surface area contributed by atoms with Gasteiger partial charge in [0, 0.05) is 37.5 Å². The fourth-order valence-corrected chi connectivity index (χ4v) is 1.31. The predicted octanol–water partition coefficient (Wildman–Crippen LogP) is -0.838. The molecule has 1 heterocycles. The molecule has 0 aliphatic carbocycles. The van der Waals surface area contributed by atoms with E-state index in [1.807, 2.05) is 0 Å². The third-order valence-electron chi connectivity index (χ3n) is 1.10. The van der Waals surface area contributed by atoms with E-state index < -0.39 is 28.2 Å². The van der Waals surface area contributed by atoms with Gasteiger partial charge in [0.1, 0.15) is 0 Å². The summed E-state index contributed by atoms with van der Waals surface area (Å²) >= 11 is 0. The molecule has 0 aromatic carbocycles. The SMILES string of the molecule is O=S1(=O)NC(O)[N-]CC1(F)F.[U]. The van der Waals surface area contributed by atoms with Crippen LogP contribution in [0.15, 0.2) is 0 Å². The molecular formula is C3H5F2N2O3SU-. The number of nitrogens with one attached hydrogen (secondary N) is 1. The summed E-state index contributed by atoms with van der Waals surface area (Å²) in [5.74, 6) is 0. The van der Waals surface area contributed by atoms with Crippen LogP contribution in [-0.4, -0.2) is 31.7 Å². The standard InChI is InChI=1S/C3H5F2N2O3S.U/c4-3(5)1-6-2(8)7-11(3,9)10;/h2,7-8H,1H2;/q-1;. The molecule has 0 radical (unpaired) electrons. The molecule has 1 atom stereocenters. The Kier molecular flexibility index (Phi) is 4.10. The number of sulfonamides is 1. The molecule has 1 saturated heterocycles. The molecule has 0 bridgehead atoms. The minimum absolute atomic E-state index is 0. The van der Waals surface area contributed by atoms with Crippen LogP contribution in [0.25, 0.3) is 5.32 Å². The first-order valence-corrected chi connectivity index (χ1v) is 4.08. The van der Waals surface area contributed by atoms with Crippen LogP contribution in [0.4, 0.5) is 8.78 Å². The van der Waals surface area contributed by atoms with Crippen LogP contribution in [0.1, 0.15) is 0 Å². The van der Waals surface area contributed by atoms with E-state index in [1.165, 1.54) is 4.72 Å². The number of nitrogens with zero attached hydrogens (tertiary/aromatic N) is 1. The molecule has 0 amide bonds. The van der Waals surface area contributed by atoms with Crippen molar-refractivity contribution in [1.82, 2.24) is 4.72 Å². The Balaban J connectivity index is 0.00000121. The third kappa shape index (κ3) is 2.37. The van der Waals surface area contributed by atoms with Crippen molar-refractivity contribution in [2.75, 3.05) is 6.54 Å². The van der Waals surface area contributed by atoms with E-state index in [4.69, 9.17) is 5.11 Å². The normalized spacial score (nSPS) is 32.1. The van der Waals surface area contributed by atoms with Gasteiger partial charge in [0.25, 0.3) is 10.0 Å². The van der Waals surface area contributed by atoms with Crippen molar-refractivity contribution in [3.63, 3.8) is 0 Å². The second kappa shape index (κ2) is 3.86. The summed E-state index contributed by atoms with van der Waals surface area (Å²) in [4.78, 5) is 0. The van der Waals surface area contributed by atoms with Crippen molar-refractivity contribution >= 4 is 10.0 Å². The van der Waals surface area contributed by atoms with Crippen LogP contribution in [0.3, 0.4) is 0 Å². The maximum absolute atomic E-state index is 12.3. The second-order valence-electron chi connectivity index (χ2n) is 1.97. The van der Waals surface area contributed by atoms with Gasteiger partial charge in [0.15, 0.2) is 0 Å². The monoisotopic (exact) mass is 425 g/mol. The van der Waals surface area contributed by atoms with Gasteiger partial charge in [-0.3, -0.25) is 0 Å². The van der Waals surface area contributed by atoms with E-state index in [2.05, 4.69) is 5.32 Å². The van der Waals surface area contributed by atoms with Crippen LogP contribution in [0.2, 0.25) is 0 Å². The van der Waals surface area contributed by atoms with E-state index in [0.717, 1.165) is 0 Å². The van der Waals surface area contributed by atoms with Crippen LogP contribution >= 0.6 is 0 Å². The van der Waals surface area contributed by atoms with E-state index in [1.54, 1.807) is 0 Å². The van der Waals surface area contributed by atoms with Gasteiger partial charge in [-0.2, -0.15) is 8.78 Å². The van der Waals surface area contributed by atoms with Crippen LogP contribution in [0.5, 0.6) is 0 Å². The van der Waals surface area contributed by atoms with E-state index in [9.17, 15) is 17.2 Å². The molecule has 0 aromatic rings. The molecule has 1 rings (SSSR count). The largest absolute Gasteiger partial charge is 0.617 e. The second-order valence-corrected chi connectivity index (χ2v) is 3.81. The van der Waals surface area contributed by atoms with Crippen LogP contribution in [0, 0.1) is 31.1 Å². The summed E-state index contributed by atoms with van der Waals surface area (Å²) in [6, 6.07) is 0. The Morgan fingerprint density at radius 3 is 2.42 bits per heavy atom. The quantitative estimate of drug-likeness (QED) is 0.532. The number of aliphatic hydroxyl groups is 1. The number of alkyl halides is 2. The van der Waals surface area contributed by atoms with Gasteiger partial charge in [-0.25, -0.2) is 13.1 Å². The van der Waals surface area contributed by atoms with Gasteiger partial charge in [-0.05, 0) is 0 Å². The first kappa shape index (κ1) is 12.7. The zero-order chi connectivity index (χ0) is 8.70. The topological polar surface area (TPSA) is 80.5 Å². The van der Waals surface area contributed by atoms with Crippen molar-refractivity contribution in [3.05, 3.63) is 5.32 Å². The average molecular weight is 425 g/mol. The summed E-state index contributed by atoms with van der Waals surface area (Å²) in [5.41, 5.74) is 0. The summed E-state index contributed by atoms with van der Waals surface area (Å²) < 4.78 is 46.7. The van der Waals surface area contributed by atoms with Crippen molar-refractivity contribution in [3.8, 4) is 0 Å². The van der Waals surface area contributed by atoms with Gasteiger partial charge >= 0.3 is 5.25 Å². The summed E-state index contributed by atoms with van der Waals surface area (Å²) in [6.07, 6.45) is -1.75. The Bertz CT molecular complexity index is 256. The maximum atomic E-state index is 12.3. The molecular weight excluding hydrogens is 420 g/mol. The van der Waals surface area contributed by atoms with E-state index in [0.29, 0.717) is 0 Å². The number of aliphatic hydroxyl groups excluding tert-OH is 1. The van der Waals surface area contributed by atoms with Gasteiger partial charge in [-0.15, -0.1) is 0 Å². The summed E-state index contributed by atoms with van der Waals surface area (Å²) in [5, 5.41) is 7.47. The minimum Gasteiger partial charge on any atom is -0.617 e. The van der Waals surface area contributed by atoms with Gasteiger partial charge < -0.3 is 10.4 Å². The van der Waals surface area contributed by atoms with Gasteiger partial charge in [0.2, 0.25) is 0 Å². The maximum Gasteiger partial charge on any atom is 0.341 e. The smallest absolute Gasteiger partial charge is 0.341 e. The molecule has 1 unspecified atom stereocenters. The Morgan fingerprint density at radius 2 is 2.08 bits per heavy atom. The molecule has 1 aliphatic heterocycles. The van der Waals surface area contributed by atoms with Crippen molar-refractivity contribution < 1.29 is 53.4 Å². The first-order chi connectivity index (χ1) is 4.85. The van der Waals surface area contributed by atoms with E-state index in [-0.39, 0.29) is 31.1 Å². The van der Waals surface area contributed by atoms with Gasteiger partial charge in [0.05, 0.1) is 0 Å². The minimum atomic E-state index is -4.74. The predicted molar refractivity (Wildman–Crippen MR) is 31.2 cm³/mol. The van der Waals surface area contributed by atoms with Crippen LogP contribution < -0.4 is 4.72 Å². The molecule has 5 nitrogen and oxygen atoms in total. The average Bonchev–Trinajstić information content (AvgIpc) is 1.80. The fraction of sp³-hybridized carbons (Fsp3) is 1.00. The summed E-state index contributed by atoms with van der Waals surface area (Å²) in [7, 11) is -4.74. The molecule has 70 valence electrons. The Morgan fingerprint density at radius 1 is 1.58 bits per heavy atom. The van der Waals surface area contributed by atoms with Gasteiger partial charge in [-0.1, -0.05) is 6.54 Å².